The second-order valence-electron chi connectivity index (χ2n) is 7.09. The number of anilines is 2. The van der Waals surface area contributed by atoms with E-state index in [1.165, 1.54) is 18.2 Å². The summed E-state index contributed by atoms with van der Waals surface area (Å²) in [5, 5.41) is 5.60. The number of hydrogen-bond acceptors (Lipinski definition) is 3. The minimum atomic E-state index is -0.539. The molecule has 1 aliphatic rings. The molecule has 2 aromatic rings. The van der Waals surface area contributed by atoms with Gasteiger partial charge >= 0.3 is 0 Å². The van der Waals surface area contributed by atoms with E-state index < -0.39 is 5.82 Å². The van der Waals surface area contributed by atoms with Gasteiger partial charge in [0.2, 0.25) is 5.91 Å². The highest BCUT2D eigenvalue weighted by Crippen LogP contribution is 2.21. The Morgan fingerprint density at radius 3 is 2.61 bits per heavy atom. The van der Waals surface area contributed by atoms with E-state index in [1.807, 2.05) is 4.90 Å². The second kappa shape index (κ2) is 9.06. The molecule has 1 aliphatic heterocycles. The zero-order chi connectivity index (χ0) is 20.1. The number of likely N-dealkylation sites (tertiary alicyclic amines) is 1. The third-order valence-electron chi connectivity index (χ3n) is 4.84. The van der Waals surface area contributed by atoms with Crippen LogP contribution in [0.25, 0.3) is 0 Å². The lowest BCUT2D eigenvalue weighted by molar-refractivity contribution is -0.114. The Morgan fingerprint density at radius 1 is 1.14 bits per heavy atom. The Hall–Kier alpha value is -2.60. The van der Waals surface area contributed by atoms with E-state index in [0.717, 1.165) is 25.9 Å². The SMILES string of the molecule is CC1CCN(C(=O)c2cccc(NCC(=O)Nc3ccc(F)c(Cl)c3)c2)CC1. The number of piperidine rings is 1. The summed E-state index contributed by atoms with van der Waals surface area (Å²) in [4.78, 5) is 26.6. The molecule has 1 saturated heterocycles. The first-order chi connectivity index (χ1) is 13.4. The second-order valence-corrected chi connectivity index (χ2v) is 7.49. The van der Waals surface area contributed by atoms with Gasteiger partial charge in [0.05, 0.1) is 11.6 Å². The van der Waals surface area contributed by atoms with Crippen molar-refractivity contribution in [3.63, 3.8) is 0 Å². The number of hydrogen-bond donors (Lipinski definition) is 2. The third-order valence-corrected chi connectivity index (χ3v) is 5.13. The summed E-state index contributed by atoms with van der Waals surface area (Å²) in [7, 11) is 0. The monoisotopic (exact) mass is 403 g/mol. The molecule has 2 aromatic carbocycles. The molecule has 0 spiro atoms. The fraction of sp³-hybridized carbons (Fsp3) is 0.333. The lowest BCUT2D eigenvalue weighted by Gasteiger charge is -2.30. The van der Waals surface area contributed by atoms with E-state index >= 15 is 0 Å². The van der Waals surface area contributed by atoms with Gasteiger partial charge in [-0.3, -0.25) is 9.59 Å². The third kappa shape index (κ3) is 5.23. The van der Waals surface area contributed by atoms with Crippen molar-refractivity contribution >= 4 is 34.8 Å². The molecular formula is C21H23ClFN3O2. The van der Waals surface area contributed by atoms with E-state index in [-0.39, 0.29) is 23.4 Å². The van der Waals surface area contributed by atoms with Crippen LogP contribution in [0.5, 0.6) is 0 Å². The zero-order valence-corrected chi connectivity index (χ0v) is 16.4. The van der Waals surface area contributed by atoms with Crippen LogP contribution in [0.1, 0.15) is 30.1 Å². The standard InChI is InChI=1S/C21H23ClFN3O2/c1-14-7-9-26(10-8-14)21(28)15-3-2-4-16(11-15)24-13-20(27)25-17-5-6-19(23)18(22)12-17/h2-6,11-12,14,24H,7-10,13H2,1H3,(H,25,27). The highest BCUT2D eigenvalue weighted by atomic mass is 35.5. The molecule has 148 valence electrons. The van der Waals surface area contributed by atoms with Crippen LogP contribution >= 0.6 is 11.6 Å². The van der Waals surface area contributed by atoms with Crippen LogP contribution in [0, 0.1) is 11.7 Å². The Balaban J connectivity index is 1.56. The summed E-state index contributed by atoms with van der Waals surface area (Å²) in [6.45, 7) is 3.77. The number of nitrogens with zero attached hydrogens (tertiary/aromatic N) is 1. The van der Waals surface area contributed by atoms with Crippen molar-refractivity contribution in [1.82, 2.24) is 4.90 Å². The van der Waals surface area contributed by atoms with Gasteiger partial charge in [-0.15, -0.1) is 0 Å². The molecule has 5 nitrogen and oxygen atoms in total. The summed E-state index contributed by atoms with van der Waals surface area (Å²) >= 11 is 5.71. The molecule has 0 unspecified atom stereocenters. The van der Waals surface area contributed by atoms with Gasteiger partial charge in [-0.05, 0) is 55.2 Å². The van der Waals surface area contributed by atoms with Crippen LogP contribution in [0.15, 0.2) is 42.5 Å². The number of benzene rings is 2. The average Bonchev–Trinajstić information content (AvgIpc) is 2.69. The molecule has 0 saturated carbocycles. The van der Waals surface area contributed by atoms with Crippen molar-refractivity contribution in [1.29, 1.82) is 0 Å². The Morgan fingerprint density at radius 2 is 1.89 bits per heavy atom. The van der Waals surface area contributed by atoms with Crippen molar-refractivity contribution in [2.24, 2.45) is 5.92 Å². The number of halogens is 2. The molecule has 1 heterocycles. The fourth-order valence-corrected chi connectivity index (χ4v) is 3.30. The van der Waals surface area contributed by atoms with Gasteiger partial charge in [-0.2, -0.15) is 0 Å². The van der Waals surface area contributed by atoms with Crippen molar-refractivity contribution in [3.8, 4) is 0 Å². The van der Waals surface area contributed by atoms with Gasteiger partial charge < -0.3 is 15.5 Å². The Bertz CT molecular complexity index is 866. The normalized spacial score (nSPS) is 14.6. The molecule has 2 N–H and O–H groups in total. The Kier molecular flexibility index (Phi) is 6.52. The summed E-state index contributed by atoms with van der Waals surface area (Å²) in [6, 6.07) is 11.1. The topological polar surface area (TPSA) is 61.4 Å². The van der Waals surface area contributed by atoms with Crippen LogP contribution in [-0.2, 0) is 4.79 Å². The minimum absolute atomic E-state index is 0.00781. The summed E-state index contributed by atoms with van der Waals surface area (Å²) in [5.41, 5.74) is 1.70. The van der Waals surface area contributed by atoms with Gasteiger partial charge in [0, 0.05) is 30.0 Å². The van der Waals surface area contributed by atoms with Crippen LogP contribution in [-0.4, -0.2) is 36.3 Å². The van der Waals surface area contributed by atoms with Crippen molar-refractivity contribution in [3.05, 3.63) is 58.9 Å². The minimum Gasteiger partial charge on any atom is -0.376 e. The highest BCUT2D eigenvalue weighted by Gasteiger charge is 2.21. The van der Waals surface area contributed by atoms with Crippen LogP contribution in [0.4, 0.5) is 15.8 Å². The number of nitrogens with one attached hydrogen (secondary N) is 2. The number of amides is 2. The molecule has 0 atom stereocenters. The van der Waals surface area contributed by atoms with E-state index in [4.69, 9.17) is 11.6 Å². The molecule has 0 radical (unpaired) electrons. The smallest absolute Gasteiger partial charge is 0.253 e. The first-order valence-electron chi connectivity index (χ1n) is 9.30. The fourth-order valence-electron chi connectivity index (χ4n) is 3.12. The predicted octanol–water partition coefficient (Wildman–Crippen LogP) is 4.40. The van der Waals surface area contributed by atoms with Gasteiger partial charge in [-0.25, -0.2) is 4.39 Å². The maximum Gasteiger partial charge on any atom is 0.253 e. The molecule has 0 aliphatic carbocycles. The molecule has 7 heteroatoms. The summed E-state index contributed by atoms with van der Waals surface area (Å²) in [6.07, 6.45) is 2.05. The molecule has 0 bridgehead atoms. The Labute approximate surface area is 168 Å². The van der Waals surface area contributed by atoms with Gasteiger partial charge in [-0.1, -0.05) is 24.6 Å². The maximum atomic E-state index is 13.2. The zero-order valence-electron chi connectivity index (χ0n) is 15.7. The molecule has 3 rings (SSSR count). The molecule has 1 fully saturated rings. The lowest BCUT2D eigenvalue weighted by atomic mass is 9.98. The van der Waals surface area contributed by atoms with Gasteiger partial charge in [0.15, 0.2) is 0 Å². The maximum absolute atomic E-state index is 13.2. The number of rotatable bonds is 5. The molecule has 2 amide bonds. The molecular weight excluding hydrogens is 381 g/mol. The lowest BCUT2D eigenvalue weighted by Crippen LogP contribution is -2.37. The van der Waals surface area contributed by atoms with Gasteiger partial charge in [0.1, 0.15) is 5.82 Å². The largest absolute Gasteiger partial charge is 0.376 e. The van der Waals surface area contributed by atoms with Crippen molar-refractivity contribution in [2.45, 2.75) is 19.8 Å². The highest BCUT2D eigenvalue weighted by molar-refractivity contribution is 6.31. The molecule has 28 heavy (non-hydrogen) atoms. The molecule has 0 aromatic heterocycles. The van der Waals surface area contributed by atoms with E-state index in [1.54, 1.807) is 24.3 Å². The van der Waals surface area contributed by atoms with Crippen LogP contribution in [0.2, 0.25) is 5.02 Å². The quantitative estimate of drug-likeness (QED) is 0.777. The van der Waals surface area contributed by atoms with E-state index in [2.05, 4.69) is 17.6 Å². The first-order valence-corrected chi connectivity index (χ1v) is 9.68. The van der Waals surface area contributed by atoms with Gasteiger partial charge in [0.25, 0.3) is 5.91 Å². The number of carbonyl (C=O) groups excluding carboxylic acids is 2. The van der Waals surface area contributed by atoms with Crippen molar-refractivity contribution in [2.75, 3.05) is 30.3 Å². The van der Waals surface area contributed by atoms with Crippen LogP contribution < -0.4 is 10.6 Å². The predicted molar refractivity (Wildman–Crippen MR) is 109 cm³/mol. The van der Waals surface area contributed by atoms with E-state index in [0.29, 0.717) is 22.9 Å². The summed E-state index contributed by atoms with van der Waals surface area (Å²) in [5.74, 6) is -0.167. The van der Waals surface area contributed by atoms with Crippen LogP contribution in [0.3, 0.4) is 0 Å². The van der Waals surface area contributed by atoms with E-state index in [9.17, 15) is 14.0 Å². The first kappa shape index (κ1) is 20.1. The number of carbonyl (C=O) groups is 2. The summed E-state index contributed by atoms with van der Waals surface area (Å²) < 4.78 is 13.2. The average molecular weight is 404 g/mol. The van der Waals surface area contributed by atoms with Crippen molar-refractivity contribution < 1.29 is 14.0 Å².